The van der Waals surface area contributed by atoms with E-state index in [-0.39, 0.29) is 0 Å². The maximum absolute atomic E-state index is 9.45. The molecule has 0 aliphatic carbocycles. The molecule has 2 aromatic carbocycles. The molecule has 38 heavy (non-hydrogen) atoms. The molecule has 0 atom stereocenters. The first-order chi connectivity index (χ1) is 18.6. The van der Waals surface area contributed by atoms with Gasteiger partial charge in [0.15, 0.2) is 11.6 Å². The van der Waals surface area contributed by atoms with Gasteiger partial charge in [-0.2, -0.15) is 5.10 Å². The van der Waals surface area contributed by atoms with Crippen molar-refractivity contribution >= 4 is 6.41 Å². The summed E-state index contributed by atoms with van der Waals surface area (Å²) >= 11 is 0. The Morgan fingerprint density at radius 3 is 2.13 bits per heavy atom. The van der Waals surface area contributed by atoms with E-state index in [1.807, 2.05) is 73.1 Å². The number of methoxy groups -OCH3 is 2. The maximum atomic E-state index is 9.45. The number of hydrogen-bond acceptors (Lipinski definition) is 6. The molecule has 0 saturated carbocycles. The van der Waals surface area contributed by atoms with Crippen LogP contribution in [0.3, 0.4) is 0 Å². The van der Waals surface area contributed by atoms with E-state index in [1.54, 1.807) is 20.4 Å². The number of rotatable bonds is 10. The summed E-state index contributed by atoms with van der Waals surface area (Å²) in [5.41, 5.74) is 3.07. The Hall–Kier alpha value is -4.20. The van der Waals surface area contributed by atoms with Crippen molar-refractivity contribution in [3.05, 3.63) is 78.6 Å². The molecule has 0 aliphatic rings. The largest absolute Gasteiger partial charge is 0.497 e. The van der Waals surface area contributed by atoms with E-state index in [0.29, 0.717) is 6.41 Å². The number of ether oxygens (including phenoxy) is 2. The van der Waals surface area contributed by atoms with Crippen molar-refractivity contribution in [1.82, 2.24) is 25.1 Å². The van der Waals surface area contributed by atoms with Crippen LogP contribution in [0.25, 0.3) is 22.8 Å². The van der Waals surface area contributed by atoms with E-state index < -0.39 is 0 Å². The van der Waals surface area contributed by atoms with Gasteiger partial charge >= 0.3 is 0 Å². The van der Waals surface area contributed by atoms with E-state index in [9.17, 15) is 4.79 Å². The fraction of sp³-hybridized carbons (Fsp3) is 0.333. The van der Waals surface area contributed by atoms with Crippen LogP contribution in [0.15, 0.2) is 72.9 Å². The van der Waals surface area contributed by atoms with Crippen molar-refractivity contribution in [2.75, 3.05) is 20.8 Å². The van der Waals surface area contributed by atoms with Crippen molar-refractivity contribution < 1.29 is 14.3 Å². The van der Waals surface area contributed by atoms with Gasteiger partial charge in [-0.1, -0.05) is 50.6 Å². The van der Waals surface area contributed by atoms with Gasteiger partial charge in [0.05, 0.1) is 14.2 Å². The number of amides is 1. The average molecular weight is 518 g/mol. The van der Waals surface area contributed by atoms with Gasteiger partial charge in [-0.3, -0.25) is 9.78 Å². The Morgan fingerprint density at radius 2 is 1.61 bits per heavy atom. The Balaban J connectivity index is 0.000000277. The molecule has 4 aromatic rings. The summed E-state index contributed by atoms with van der Waals surface area (Å²) in [5, 5.41) is 7.23. The highest BCUT2D eigenvalue weighted by Crippen LogP contribution is 2.24. The van der Waals surface area contributed by atoms with Crippen LogP contribution < -0.4 is 14.8 Å². The van der Waals surface area contributed by atoms with Gasteiger partial charge in [-0.25, -0.2) is 9.67 Å². The molecule has 1 N–H and O–H groups in total. The first kappa shape index (κ1) is 30.0. The molecule has 0 bridgehead atoms. The zero-order chi connectivity index (χ0) is 27.6. The third kappa shape index (κ3) is 10.0. The predicted octanol–water partition coefficient (Wildman–Crippen LogP) is 5.96. The van der Waals surface area contributed by atoms with Gasteiger partial charge in [-0.15, -0.1) is 0 Å². The van der Waals surface area contributed by atoms with Gasteiger partial charge in [-0.05, 0) is 50.1 Å². The molecule has 8 nitrogen and oxygen atoms in total. The van der Waals surface area contributed by atoms with Crippen LogP contribution in [-0.2, 0) is 11.3 Å². The summed E-state index contributed by atoms with van der Waals surface area (Å²) < 4.78 is 12.2. The third-order valence-corrected chi connectivity index (χ3v) is 5.36. The minimum Gasteiger partial charge on any atom is -0.497 e. The van der Waals surface area contributed by atoms with Crippen molar-refractivity contribution in [2.24, 2.45) is 0 Å². The Kier molecular flexibility index (Phi) is 13.7. The first-order valence-corrected chi connectivity index (χ1v) is 12.8. The fourth-order valence-corrected chi connectivity index (χ4v) is 3.32. The highest BCUT2D eigenvalue weighted by molar-refractivity contribution is 5.62. The van der Waals surface area contributed by atoms with Gasteiger partial charge in [0, 0.05) is 42.2 Å². The summed E-state index contributed by atoms with van der Waals surface area (Å²) in [5.74, 6) is 3.37. The highest BCUT2D eigenvalue weighted by Gasteiger charge is 2.13. The standard InChI is InChI=1S/C19H21N3O.C7H9NO.C4H9NO/c1-3-4-14-22-19(16-8-6-5-7-9-16)20-18(21-22)15-10-12-17(23-2)13-11-15;1-6-5-7(9-2)3-4-8-6;1-2-3-5-4-6/h5-13H,3-4,14H2,1-2H3;3-5H,1-2H3;4H,2-3H2,1H3,(H,5,6). The number of nitrogens with one attached hydrogen (secondary N) is 1. The summed E-state index contributed by atoms with van der Waals surface area (Å²) in [6.07, 6.45) is 5.67. The highest BCUT2D eigenvalue weighted by atomic mass is 16.5. The normalized spacial score (nSPS) is 9.82. The Bertz CT molecular complexity index is 1190. The van der Waals surface area contributed by atoms with Gasteiger partial charge < -0.3 is 14.8 Å². The molecule has 4 rings (SSSR count). The minimum atomic E-state index is 0.712. The molecule has 0 spiro atoms. The molecular formula is C30H39N5O3. The molecular weight excluding hydrogens is 478 g/mol. The van der Waals surface area contributed by atoms with E-state index in [2.05, 4.69) is 29.4 Å². The lowest BCUT2D eigenvalue weighted by atomic mass is 10.2. The molecule has 202 valence electrons. The molecule has 0 aliphatic heterocycles. The van der Waals surface area contributed by atoms with Crippen LogP contribution in [0, 0.1) is 6.92 Å². The molecule has 0 radical (unpaired) electrons. The second-order valence-electron chi connectivity index (χ2n) is 8.34. The van der Waals surface area contributed by atoms with Gasteiger partial charge in [0.1, 0.15) is 11.5 Å². The number of aryl methyl sites for hydroxylation is 2. The molecule has 2 aromatic heterocycles. The van der Waals surface area contributed by atoms with E-state index in [0.717, 1.165) is 72.3 Å². The molecule has 0 saturated heterocycles. The number of carbonyl (C=O) groups is 1. The summed E-state index contributed by atoms with van der Waals surface area (Å²) in [7, 11) is 3.31. The van der Waals surface area contributed by atoms with Gasteiger partial charge in [0.25, 0.3) is 0 Å². The molecule has 0 unspecified atom stereocenters. The topological polar surface area (TPSA) is 91.2 Å². The molecule has 1 amide bonds. The van der Waals surface area contributed by atoms with Crippen LogP contribution in [0.1, 0.15) is 38.8 Å². The van der Waals surface area contributed by atoms with Crippen LogP contribution in [0.4, 0.5) is 0 Å². The first-order valence-electron chi connectivity index (χ1n) is 12.8. The third-order valence-electron chi connectivity index (χ3n) is 5.36. The molecule has 2 heterocycles. The lowest BCUT2D eigenvalue weighted by molar-refractivity contribution is -0.109. The molecule has 0 fully saturated rings. The zero-order valence-electron chi connectivity index (χ0n) is 23.1. The maximum Gasteiger partial charge on any atom is 0.207 e. The number of unbranched alkanes of at least 4 members (excludes halogenated alkanes) is 1. The van der Waals surface area contributed by atoms with Crippen LogP contribution in [-0.4, -0.2) is 46.9 Å². The van der Waals surface area contributed by atoms with Crippen molar-refractivity contribution in [3.8, 4) is 34.3 Å². The number of carbonyl (C=O) groups excluding carboxylic acids is 1. The summed E-state index contributed by atoms with van der Waals surface area (Å²) in [6, 6.07) is 21.8. The minimum absolute atomic E-state index is 0.712. The lowest BCUT2D eigenvalue weighted by Crippen LogP contribution is -2.10. The number of aromatic nitrogens is 4. The van der Waals surface area contributed by atoms with Gasteiger partial charge in [0.2, 0.25) is 6.41 Å². The van der Waals surface area contributed by atoms with Crippen molar-refractivity contribution in [3.63, 3.8) is 0 Å². The van der Waals surface area contributed by atoms with Crippen LogP contribution >= 0.6 is 0 Å². The lowest BCUT2D eigenvalue weighted by Gasteiger charge is -2.04. The smallest absolute Gasteiger partial charge is 0.207 e. The quantitative estimate of drug-likeness (QED) is 0.206. The fourth-order valence-electron chi connectivity index (χ4n) is 3.32. The number of nitrogens with zero attached hydrogens (tertiary/aromatic N) is 4. The number of hydrogen-bond donors (Lipinski definition) is 1. The average Bonchev–Trinajstić information content (AvgIpc) is 3.40. The van der Waals surface area contributed by atoms with Crippen molar-refractivity contribution in [1.29, 1.82) is 0 Å². The number of benzene rings is 2. The Morgan fingerprint density at radius 1 is 0.895 bits per heavy atom. The monoisotopic (exact) mass is 517 g/mol. The van der Waals surface area contributed by atoms with E-state index in [4.69, 9.17) is 19.6 Å². The Labute approximate surface area is 226 Å². The van der Waals surface area contributed by atoms with Crippen molar-refractivity contribution in [2.45, 2.75) is 46.6 Å². The number of pyridine rings is 1. The van der Waals surface area contributed by atoms with Crippen LogP contribution in [0.2, 0.25) is 0 Å². The second-order valence-corrected chi connectivity index (χ2v) is 8.34. The molecule has 8 heteroatoms. The predicted molar refractivity (Wildman–Crippen MR) is 152 cm³/mol. The summed E-state index contributed by atoms with van der Waals surface area (Å²) in [4.78, 5) is 18.2. The second kappa shape index (κ2) is 17.3. The summed E-state index contributed by atoms with van der Waals surface area (Å²) in [6.45, 7) is 7.80. The zero-order valence-corrected chi connectivity index (χ0v) is 23.1. The van der Waals surface area contributed by atoms with Crippen LogP contribution in [0.5, 0.6) is 11.5 Å². The van der Waals surface area contributed by atoms with E-state index >= 15 is 0 Å². The SMILES string of the molecule is CCCCn1nc(-c2ccc(OC)cc2)nc1-c1ccccc1.CCCNC=O.COc1ccnc(C)c1. The van der Waals surface area contributed by atoms with E-state index in [1.165, 1.54) is 0 Å².